The van der Waals surface area contributed by atoms with Crippen LogP contribution in [0.2, 0.25) is 0 Å². The van der Waals surface area contributed by atoms with Crippen LogP contribution in [0.3, 0.4) is 0 Å². The Balaban J connectivity index is 3.19. The number of carboxylic acids is 1. The zero-order chi connectivity index (χ0) is 16.4. The lowest BCUT2D eigenvalue weighted by Gasteiger charge is -2.20. The zero-order valence-electron chi connectivity index (χ0n) is 12.5. The molecule has 2 atom stereocenters. The van der Waals surface area contributed by atoms with E-state index in [-0.39, 0.29) is 21.9 Å². The van der Waals surface area contributed by atoms with Crippen LogP contribution in [-0.4, -0.2) is 25.5 Å². The van der Waals surface area contributed by atoms with E-state index in [1.807, 2.05) is 0 Å². The predicted octanol–water partition coefficient (Wildman–Crippen LogP) is 2.22. The third kappa shape index (κ3) is 4.01. The molecule has 118 valence electrons. The fraction of sp³-hybridized carbons (Fsp3) is 0.500. The van der Waals surface area contributed by atoms with E-state index in [1.165, 1.54) is 26.0 Å². The number of carbonyl (C=O) groups is 1. The Hall–Kier alpha value is -1.47. The number of aryl methyl sites for hydroxylation is 2. The highest BCUT2D eigenvalue weighted by molar-refractivity contribution is 7.89. The lowest BCUT2D eigenvalue weighted by Crippen LogP contribution is -2.44. The molecule has 0 heterocycles. The van der Waals surface area contributed by atoms with Crippen molar-refractivity contribution in [2.75, 3.05) is 0 Å². The molecule has 7 heteroatoms. The van der Waals surface area contributed by atoms with Crippen LogP contribution in [0.15, 0.2) is 17.0 Å². The first-order chi connectivity index (χ1) is 9.60. The molecule has 0 fully saturated rings. The summed E-state index contributed by atoms with van der Waals surface area (Å²) in [5.74, 6) is -2.06. The molecule has 0 aliphatic heterocycles. The molecule has 0 saturated heterocycles. The summed E-state index contributed by atoms with van der Waals surface area (Å²) in [6.45, 7) is 6.36. The Morgan fingerprint density at radius 2 is 1.81 bits per heavy atom. The van der Waals surface area contributed by atoms with E-state index in [4.69, 9.17) is 5.11 Å². The van der Waals surface area contributed by atoms with Crippen molar-refractivity contribution in [3.8, 4) is 0 Å². The van der Waals surface area contributed by atoms with Crippen LogP contribution in [0.5, 0.6) is 0 Å². The average molecular weight is 317 g/mol. The quantitative estimate of drug-likeness (QED) is 0.842. The van der Waals surface area contributed by atoms with Gasteiger partial charge in [0.1, 0.15) is 11.9 Å². The molecule has 0 aromatic heterocycles. The Morgan fingerprint density at radius 3 is 2.19 bits per heavy atom. The van der Waals surface area contributed by atoms with Crippen LogP contribution in [0.4, 0.5) is 4.39 Å². The van der Waals surface area contributed by atoms with E-state index in [0.717, 1.165) is 0 Å². The molecular weight excluding hydrogens is 297 g/mol. The highest BCUT2D eigenvalue weighted by Gasteiger charge is 2.29. The number of nitrogens with one attached hydrogen (secondary N) is 1. The summed E-state index contributed by atoms with van der Waals surface area (Å²) in [4.78, 5) is 11.1. The highest BCUT2D eigenvalue weighted by atomic mass is 32.2. The summed E-state index contributed by atoms with van der Waals surface area (Å²) in [7, 11) is -4.02. The summed E-state index contributed by atoms with van der Waals surface area (Å²) in [5.41, 5.74) is 0.400. The van der Waals surface area contributed by atoms with E-state index in [1.54, 1.807) is 13.8 Å². The van der Waals surface area contributed by atoms with Crippen LogP contribution in [0, 0.1) is 25.6 Å². The maximum absolute atomic E-state index is 13.6. The second-order valence-electron chi connectivity index (χ2n) is 5.19. The van der Waals surface area contributed by atoms with Crippen molar-refractivity contribution in [3.63, 3.8) is 0 Å². The standard InChI is InChI=1S/C14H20FNO4S/c1-5-8(2)13(14(17)18)16-21(19,20)11-6-9(3)12(15)10(4)7-11/h6-8,13,16H,5H2,1-4H3,(H,17,18)/t8-,13-/m0/s1. The first kappa shape index (κ1) is 17.6. The summed E-state index contributed by atoms with van der Waals surface area (Å²) >= 11 is 0. The largest absolute Gasteiger partial charge is 0.480 e. The van der Waals surface area contributed by atoms with Crippen molar-refractivity contribution in [1.82, 2.24) is 4.72 Å². The molecule has 0 amide bonds. The third-order valence-corrected chi connectivity index (χ3v) is 4.90. The van der Waals surface area contributed by atoms with Crippen molar-refractivity contribution in [1.29, 1.82) is 0 Å². The van der Waals surface area contributed by atoms with Gasteiger partial charge in [0.2, 0.25) is 10.0 Å². The maximum atomic E-state index is 13.6. The van der Waals surface area contributed by atoms with Gasteiger partial charge in [-0.25, -0.2) is 12.8 Å². The third-order valence-electron chi connectivity index (χ3n) is 3.48. The Bertz CT molecular complexity index is 619. The molecule has 0 bridgehead atoms. The summed E-state index contributed by atoms with van der Waals surface area (Å²) < 4.78 is 40.3. The SMILES string of the molecule is CC[C@H](C)[C@H](NS(=O)(=O)c1cc(C)c(F)c(C)c1)C(=O)O. The van der Waals surface area contributed by atoms with Crippen molar-refractivity contribution < 1.29 is 22.7 Å². The highest BCUT2D eigenvalue weighted by Crippen LogP contribution is 2.20. The normalized spacial score (nSPS) is 14.7. The van der Waals surface area contributed by atoms with Gasteiger partial charge in [0.15, 0.2) is 0 Å². The minimum absolute atomic E-state index is 0.131. The molecular formula is C14H20FNO4S. The van der Waals surface area contributed by atoms with Crippen molar-refractivity contribution in [2.45, 2.75) is 45.1 Å². The molecule has 0 saturated carbocycles. The van der Waals surface area contributed by atoms with Crippen LogP contribution >= 0.6 is 0 Å². The van der Waals surface area contributed by atoms with Gasteiger partial charge in [-0.3, -0.25) is 4.79 Å². The Kier molecular flexibility index (Phi) is 5.47. The molecule has 21 heavy (non-hydrogen) atoms. The number of sulfonamides is 1. The molecule has 0 unspecified atom stereocenters. The number of halogens is 1. The van der Waals surface area contributed by atoms with Crippen molar-refractivity contribution in [3.05, 3.63) is 29.1 Å². The fourth-order valence-electron chi connectivity index (χ4n) is 1.94. The summed E-state index contributed by atoms with van der Waals surface area (Å²) in [6.07, 6.45) is 0.515. The molecule has 2 N–H and O–H groups in total. The summed E-state index contributed by atoms with van der Waals surface area (Å²) in [5, 5.41) is 9.15. The first-order valence-corrected chi connectivity index (χ1v) is 8.10. The minimum atomic E-state index is -4.02. The molecule has 1 aromatic rings. The topological polar surface area (TPSA) is 83.5 Å². The zero-order valence-corrected chi connectivity index (χ0v) is 13.3. The van der Waals surface area contributed by atoms with Gasteiger partial charge in [0, 0.05) is 0 Å². The average Bonchev–Trinajstić information content (AvgIpc) is 2.40. The second kappa shape index (κ2) is 6.53. The molecule has 0 aliphatic rings. The van der Waals surface area contributed by atoms with E-state index in [9.17, 15) is 17.6 Å². The van der Waals surface area contributed by atoms with Crippen LogP contribution < -0.4 is 4.72 Å². The van der Waals surface area contributed by atoms with Gasteiger partial charge in [-0.15, -0.1) is 0 Å². The Morgan fingerprint density at radius 1 is 1.33 bits per heavy atom. The molecule has 1 aromatic carbocycles. The molecule has 1 rings (SSSR count). The van der Waals surface area contributed by atoms with Crippen LogP contribution in [-0.2, 0) is 14.8 Å². The maximum Gasteiger partial charge on any atom is 0.322 e. The number of hydrogen-bond acceptors (Lipinski definition) is 3. The van der Waals surface area contributed by atoms with E-state index >= 15 is 0 Å². The van der Waals surface area contributed by atoms with Gasteiger partial charge >= 0.3 is 5.97 Å². The van der Waals surface area contributed by atoms with E-state index in [0.29, 0.717) is 6.42 Å². The lowest BCUT2D eigenvalue weighted by molar-refractivity contribution is -0.140. The van der Waals surface area contributed by atoms with Gasteiger partial charge in [0.25, 0.3) is 0 Å². The number of benzene rings is 1. The van der Waals surface area contributed by atoms with Gasteiger partial charge < -0.3 is 5.11 Å². The van der Waals surface area contributed by atoms with Gasteiger partial charge in [-0.1, -0.05) is 20.3 Å². The van der Waals surface area contributed by atoms with Crippen LogP contribution in [0.25, 0.3) is 0 Å². The monoisotopic (exact) mass is 317 g/mol. The van der Waals surface area contributed by atoms with Crippen molar-refractivity contribution >= 4 is 16.0 Å². The molecule has 0 aliphatic carbocycles. The Labute approximate surface area is 124 Å². The predicted molar refractivity (Wildman–Crippen MR) is 77.1 cm³/mol. The molecule has 0 spiro atoms. The van der Waals surface area contributed by atoms with Crippen LogP contribution in [0.1, 0.15) is 31.4 Å². The van der Waals surface area contributed by atoms with Gasteiger partial charge in [-0.2, -0.15) is 4.72 Å². The smallest absolute Gasteiger partial charge is 0.322 e. The minimum Gasteiger partial charge on any atom is -0.480 e. The molecule has 5 nitrogen and oxygen atoms in total. The first-order valence-electron chi connectivity index (χ1n) is 6.62. The summed E-state index contributed by atoms with van der Waals surface area (Å²) in [6, 6.07) is 1.17. The lowest BCUT2D eigenvalue weighted by atomic mass is 10.0. The van der Waals surface area contributed by atoms with Crippen molar-refractivity contribution in [2.24, 2.45) is 5.92 Å². The number of rotatable bonds is 6. The number of hydrogen-bond donors (Lipinski definition) is 2. The van der Waals surface area contributed by atoms with Gasteiger partial charge in [0.05, 0.1) is 4.90 Å². The fourth-order valence-corrected chi connectivity index (χ4v) is 3.41. The van der Waals surface area contributed by atoms with E-state index in [2.05, 4.69) is 4.72 Å². The molecule has 0 radical (unpaired) electrons. The van der Waals surface area contributed by atoms with Gasteiger partial charge in [-0.05, 0) is 43.0 Å². The second-order valence-corrected chi connectivity index (χ2v) is 6.91. The number of aliphatic carboxylic acids is 1. The number of carboxylic acid groups (broad SMARTS) is 1. The van der Waals surface area contributed by atoms with E-state index < -0.39 is 27.9 Å².